The van der Waals surface area contributed by atoms with Crippen LogP contribution in [0.5, 0.6) is 11.5 Å². The molecule has 1 aliphatic heterocycles. The number of aliphatic hydroxyl groups excluding tert-OH is 1. The molecule has 0 amide bonds. The lowest BCUT2D eigenvalue weighted by Crippen LogP contribution is -2.60. The van der Waals surface area contributed by atoms with E-state index < -0.39 is 48.6 Å². The molecule has 2 aromatic carbocycles. The molecule has 0 bridgehead atoms. The van der Waals surface area contributed by atoms with Crippen molar-refractivity contribution >= 4 is 30.1 Å². The summed E-state index contributed by atoms with van der Waals surface area (Å²) >= 11 is 0. The second kappa shape index (κ2) is 13.4. The van der Waals surface area contributed by atoms with Crippen LogP contribution < -0.4 is 9.47 Å². The summed E-state index contributed by atoms with van der Waals surface area (Å²) in [6, 6.07) is 13.9. The summed E-state index contributed by atoms with van der Waals surface area (Å²) in [6.07, 6.45) is -1.04. The second-order valence-electron chi connectivity index (χ2n) is 8.32. The third-order valence-electron chi connectivity index (χ3n) is 5.61. The first-order valence-electron chi connectivity index (χ1n) is 11.8. The van der Waals surface area contributed by atoms with Crippen molar-refractivity contribution in [3.8, 4) is 11.5 Å². The zero-order valence-corrected chi connectivity index (χ0v) is 21.4. The van der Waals surface area contributed by atoms with E-state index in [9.17, 15) is 19.5 Å². The molecule has 1 aliphatic rings. The Hall–Kier alpha value is -4.15. The normalized spacial score (nSPS) is 23.1. The minimum absolute atomic E-state index is 0.657. The second-order valence-corrected chi connectivity index (χ2v) is 8.32. The van der Waals surface area contributed by atoms with Crippen LogP contribution in [0, 0.1) is 0 Å². The molecule has 1 fully saturated rings. The largest absolute Gasteiger partial charge is 0.497 e. The number of carbonyl (C=O) groups excluding carboxylic acids is 3. The van der Waals surface area contributed by atoms with Gasteiger partial charge in [0.15, 0.2) is 24.6 Å². The van der Waals surface area contributed by atoms with Gasteiger partial charge in [-0.25, -0.2) is 9.59 Å². The molecule has 5 atom stereocenters. The molecule has 10 heteroatoms. The maximum absolute atomic E-state index is 12.7. The number of ether oxygens (including phenoxy) is 6. The molecule has 0 aromatic heterocycles. The van der Waals surface area contributed by atoms with Crippen molar-refractivity contribution in [1.82, 2.24) is 0 Å². The van der Waals surface area contributed by atoms with Gasteiger partial charge in [0, 0.05) is 19.1 Å². The predicted octanol–water partition coefficient (Wildman–Crippen LogP) is 2.92. The number of aliphatic hydroxyl groups is 1. The molecule has 0 aliphatic carbocycles. The van der Waals surface area contributed by atoms with Gasteiger partial charge in [0.1, 0.15) is 11.5 Å². The lowest BCUT2D eigenvalue weighted by molar-refractivity contribution is -0.287. The Bertz CT molecular complexity index is 1150. The molecule has 0 unspecified atom stereocenters. The fourth-order valence-electron chi connectivity index (χ4n) is 3.71. The van der Waals surface area contributed by atoms with E-state index in [1.807, 2.05) is 0 Å². The highest BCUT2D eigenvalue weighted by atomic mass is 16.7. The van der Waals surface area contributed by atoms with Crippen LogP contribution >= 0.6 is 0 Å². The van der Waals surface area contributed by atoms with E-state index in [2.05, 4.69) is 0 Å². The number of hydrogen-bond donors (Lipinski definition) is 1. The number of methoxy groups -OCH3 is 2. The van der Waals surface area contributed by atoms with Crippen molar-refractivity contribution in [3.05, 3.63) is 71.8 Å². The Morgan fingerprint density at radius 2 is 1.18 bits per heavy atom. The van der Waals surface area contributed by atoms with Gasteiger partial charge in [-0.1, -0.05) is 24.3 Å². The third kappa shape index (κ3) is 7.92. The Morgan fingerprint density at radius 3 is 1.61 bits per heavy atom. The zero-order valence-electron chi connectivity index (χ0n) is 21.4. The molecule has 0 spiro atoms. The van der Waals surface area contributed by atoms with Gasteiger partial charge in [-0.15, -0.1) is 0 Å². The number of carbonyl (C=O) groups is 3. The van der Waals surface area contributed by atoms with Crippen LogP contribution in [0.4, 0.5) is 0 Å². The van der Waals surface area contributed by atoms with Gasteiger partial charge in [-0.3, -0.25) is 4.79 Å². The van der Waals surface area contributed by atoms with E-state index in [4.69, 9.17) is 28.4 Å². The molecule has 2 aromatic rings. The highest BCUT2D eigenvalue weighted by Crippen LogP contribution is 2.28. The standard InChI is InChI=1S/C28H30O10/c1-17-25(37-23(30)15-9-19-5-11-21(33-3)12-6-19)26(27(28(32)35-17)36-18(2)29)38-24(31)16-10-20-7-13-22(34-4)14-8-20/h5-17,25-28,32H,1-4H3/b15-9-,16-10-/t17-,25-,26+,27+,28+/m0/s1. The van der Waals surface area contributed by atoms with Crippen molar-refractivity contribution in [1.29, 1.82) is 0 Å². The molecular weight excluding hydrogens is 496 g/mol. The molecule has 38 heavy (non-hydrogen) atoms. The van der Waals surface area contributed by atoms with Crippen LogP contribution in [0.15, 0.2) is 60.7 Å². The topological polar surface area (TPSA) is 127 Å². The van der Waals surface area contributed by atoms with Crippen LogP contribution in [0.2, 0.25) is 0 Å². The monoisotopic (exact) mass is 526 g/mol. The lowest BCUT2D eigenvalue weighted by atomic mass is 9.99. The lowest BCUT2D eigenvalue weighted by Gasteiger charge is -2.41. The number of esters is 3. The van der Waals surface area contributed by atoms with Crippen LogP contribution in [-0.4, -0.2) is 67.9 Å². The minimum atomic E-state index is -1.61. The Kier molecular flexibility index (Phi) is 10.0. The number of rotatable bonds is 9. The zero-order chi connectivity index (χ0) is 27.7. The van der Waals surface area contributed by atoms with Crippen molar-refractivity contribution in [2.24, 2.45) is 0 Å². The summed E-state index contributed by atoms with van der Waals surface area (Å²) in [4.78, 5) is 37.0. The summed E-state index contributed by atoms with van der Waals surface area (Å²) in [5.74, 6) is -0.983. The quantitative estimate of drug-likeness (QED) is 0.296. The maximum atomic E-state index is 12.7. The fraction of sp³-hybridized carbons (Fsp3) is 0.321. The van der Waals surface area contributed by atoms with Crippen molar-refractivity contribution in [2.75, 3.05) is 14.2 Å². The van der Waals surface area contributed by atoms with Gasteiger partial charge < -0.3 is 33.5 Å². The van der Waals surface area contributed by atoms with Crippen LogP contribution in [0.3, 0.4) is 0 Å². The summed E-state index contributed by atoms with van der Waals surface area (Å²) in [5, 5.41) is 10.4. The molecular formula is C28H30O10. The smallest absolute Gasteiger partial charge is 0.331 e. The molecule has 202 valence electrons. The van der Waals surface area contributed by atoms with E-state index in [1.165, 1.54) is 31.2 Å². The highest BCUT2D eigenvalue weighted by molar-refractivity contribution is 5.88. The molecule has 0 radical (unpaired) electrons. The van der Waals surface area contributed by atoms with Crippen LogP contribution in [-0.2, 0) is 33.3 Å². The average Bonchev–Trinajstić information content (AvgIpc) is 2.91. The third-order valence-corrected chi connectivity index (χ3v) is 5.61. The van der Waals surface area contributed by atoms with Crippen molar-refractivity contribution < 1.29 is 47.9 Å². The van der Waals surface area contributed by atoms with E-state index in [1.54, 1.807) is 62.8 Å². The first-order chi connectivity index (χ1) is 18.2. The van der Waals surface area contributed by atoms with E-state index >= 15 is 0 Å². The van der Waals surface area contributed by atoms with Crippen molar-refractivity contribution in [3.63, 3.8) is 0 Å². The molecule has 1 saturated heterocycles. The van der Waals surface area contributed by atoms with E-state index in [0.29, 0.717) is 17.1 Å². The first-order valence-corrected chi connectivity index (χ1v) is 11.8. The molecule has 0 saturated carbocycles. The van der Waals surface area contributed by atoms with Gasteiger partial charge in [0.05, 0.1) is 20.3 Å². The predicted molar refractivity (Wildman–Crippen MR) is 136 cm³/mol. The molecule has 10 nitrogen and oxygen atoms in total. The maximum Gasteiger partial charge on any atom is 0.331 e. The Balaban J connectivity index is 1.76. The van der Waals surface area contributed by atoms with E-state index in [-0.39, 0.29) is 0 Å². The summed E-state index contributed by atoms with van der Waals surface area (Å²) < 4.78 is 31.9. The molecule has 3 rings (SSSR count). The van der Waals surface area contributed by atoms with Crippen LogP contribution in [0.25, 0.3) is 12.2 Å². The van der Waals surface area contributed by atoms with Gasteiger partial charge in [0.25, 0.3) is 0 Å². The molecule has 1 heterocycles. The van der Waals surface area contributed by atoms with Gasteiger partial charge in [-0.05, 0) is 54.5 Å². The fourth-order valence-corrected chi connectivity index (χ4v) is 3.71. The van der Waals surface area contributed by atoms with Crippen molar-refractivity contribution in [2.45, 2.75) is 44.6 Å². The van der Waals surface area contributed by atoms with E-state index in [0.717, 1.165) is 12.5 Å². The summed E-state index contributed by atoms with van der Waals surface area (Å²) in [6.45, 7) is 2.66. The van der Waals surface area contributed by atoms with Crippen LogP contribution in [0.1, 0.15) is 25.0 Å². The first kappa shape index (κ1) is 28.4. The number of benzene rings is 2. The average molecular weight is 527 g/mol. The van der Waals surface area contributed by atoms with Gasteiger partial charge in [-0.2, -0.15) is 0 Å². The molecule has 1 N–H and O–H groups in total. The number of hydrogen-bond acceptors (Lipinski definition) is 10. The summed E-state index contributed by atoms with van der Waals surface area (Å²) in [5.41, 5.74) is 1.42. The Labute approximate surface area is 220 Å². The van der Waals surface area contributed by atoms with Gasteiger partial charge >= 0.3 is 17.9 Å². The summed E-state index contributed by atoms with van der Waals surface area (Å²) in [7, 11) is 3.09. The Morgan fingerprint density at radius 1 is 0.737 bits per heavy atom. The van der Waals surface area contributed by atoms with Gasteiger partial charge in [0.2, 0.25) is 0 Å². The minimum Gasteiger partial charge on any atom is -0.497 e. The SMILES string of the molecule is COc1ccc(/C=C\C(=O)O[C@@H]2[C@@H](OC(=O)/C=C\c3ccc(OC)cc3)[C@H](C)O[C@@H](O)[C@@H]2OC(C)=O)cc1. The highest BCUT2D eigenvalue weighted by Gasteiger charge is 2.50.